The predicted molar refractivity (Wildman–Crippen MR) is 74.9 cm³/mol. The highest BCUT2D eigenvalue weighted by Crippen LogP contribution is 2.18. The summed E-state index contributed by atoms with van der Waals surface area (Å²) < 4.78 is 2.21. The lowest BCUT2D eigenvalue weighted by Crippen LogP contribution is -2.15. The summed E-state index contributed by atoms with van der Waals surface area (Å²) in [7, 11) is 4.19. The van der Waals surface area contributed by atoms with Crippen LogP contribution in [0.5, 0.6) is 0 Å². The van der Waals surface area contributed by atoms with Gasteiger partial charge in [-0.2, -0.15) is 0 Å². The first kappa shape index (κ1) is 12.7. The van der Waals surface area contributed by atoms with E-state index >= 15 is 0 Å². The maximum absolute atomic E-state index is 4.41. The van der Waals surface area contributed by atoms with E-state index in [1.54, 1.807) is 11.3 Å². The summed E-state index contributed by atoms with van der Waals surface area (Å²) >= 11 is 3.61. The minimum atomic E-state index is 0.933. The van der Waals surface area contributed by atoms with E-state index in [2.05, 4.69) is 52.3 Å². The molecule has 0 spiro atoms. The molecule has 0 unspecified atom stereocenters. The Hall–Kier alpha value is -0.780. The van der Waals surface area contributed by atoms with Crippen LogP contribution in [0.1, 0.15) is 4.88 Å². The molecule has 5 heteroatoms. The molecule has 0 aliphatic carbocycles. The SMILES string of the molecule is CN(C)CCSc1nccn1Cc1cccs1. The maximum atomic E-state index is 4.41. The number of hydrogen-bond acceptors (Lipinski definition) is 4. The molecule has 2 heterocycles. The van der Waals surface area contributed by atoms with Crippen molar-refractivity contribution in [1.82, 2.24) is 14.5 Å². The molecule has 0 aliphatic heterocycles. The molecule has 0 saturated heterocycles. The van der Waals surface area contributed by atoms with Gasteiger partial charge in [0.15, 0.2) is 5.16 Å². The second-order valence-corrected chi connectivity index (χ2v) is 6.16. The second-order valence-electron chi connectivity index (χ2n) is 4.07. The lowest BCUT2D eigenvalue weighted by Gasteiger charge is -2.09. The van der Waals surface area contributed by atoms with Crippen LogP contribution in [0.15, 0.2) is 35.1 Å². The van der Waals surface area contributed by atoms with Gasteiger partial charge in [-0.25, -0.2) is 4.98 Å². The zero-order chi connectivity index (χ0) is 12.1. The van der Waals surface area contributed by atoms with Crippen LogP contribution in [0.25, 0.3) is 0 Å². The Bertz CT molecular complexity index is 434. The average Bonchev–Trinajstić information content (AvgIpc) is 2.91. The number of thioether (sulfide) groups is 1. The van der Waals surface area contributed by atoms with Crippen molar-refractivity contribution in [2.75, 3.05) is 26.4 Å². The van der Waals surface area contributed by atoms with Gasteiger partial charge in [0, 0.05) is 29.6 Å². The molecule has 17 heavy (non-hydrogen) atoms. The van der Waals surface area contributed by atoms with Gasteiger partial charge in [-0.05, 0) is 25.5 Å². The molecular formula is C12H17N3S2. The van der Waals surface area contributed by atoms with Gasteiger partial charge in [0.25, 0.3) is 0 Å². The third-order valence-corrected chi connectivity index (χ3v) is 4.20. The van der Waals surface area contributed by atoms with Gasteiger partial charge in [-0.15, -0.1) is 11.3 Å². The fourth-order valence-corrected chi connectivity index (χ4v) is 3.21. The standard InChI is InChI=1S/C12H17N3S2/c1-14(2)7-9-17-12-13-5-6-15(12)10-11-4-3-8-16-11/h3-6,8H,7,9-10H2,1-2H3. The van der Waals surface area contributed by atoms with Crippen LogP contribution < -0.4 is 0 Å². The fraction of sp³-hybridized carbons (Fsp3) is 0.417. The van der Waals surface area contributed by atoms with E-state index < -0.39 is 0 Å². The van der Waals surface area contributed by atoms with Gasteiger partial charge in [-0.1, -0.05) is 17.8 Å². The Morgan fingerprint density at radius 3 is 3.06 bits per heavy atom. The summed E-state index contributed by atoms with van der Waals surface area (Å²) in [5, 5.41) is 3.23. The molecule has 3 nitrogen and oxygen atoms in total. The van der Waals surface area contributed by atoms with Gasteiger partial charge >= 0.3 is 0 Å². The molecule has 92 valence electrons. The zero-order valence-electron chi connectivity index (χ0n) is 10.2. The molecule has 0 fully saturated rings. The van der Waals surface area contributed by atoms with Crippen LogP contribution in [-0.2, 0) is 6.54 Å². The van der Waals surface area contributed by atoms with Crippen molar-refractivity contribution in [3.05, 3.63) is 34.8 Å². The van der Waals surface area contributed by atoms with Gasteiger partial charge in [0.1, 0.15) is 0 Å². The lowest BCUT2D eigenvalue weighted by atomic mass is 10.5. The van der Waals surface area contributed by atoms with E-state index in [0.717, 1.165) is 24.0 Å². The molecule has 0 N–H and O–H groups in total. The third-order valence-electron chi connectivity index (χ3n) is 2.35. The van der Waals surface area contributed by atoms with Gasteiger partial charge < -0.3 is 9.47 Å². The number of rotatable bonds is 6. The van der Waals surface area contributed by atoms with Crippen LogP contribution in [-0.4, -0.2) is 40.8 Å². The van der Waals surface area contributed by atoms with E-state index in [0.29, 0.717) is 0 Å². The summed E-state index contributed by atoms with van der Waals surface area (Å²) in [5.74, 6) is 1.08. The molecule has 0 bridgehead atoms. The summed E-state index contributed by atoms with van der Waals surface area (Å²) in [6.07, 6.45) is 3.93. The molecule has 0 aromatic carbocycles. The number of thiophene rings is 1. The van der Waals surface area contributed by atoms with Crippen molar-refractivity contribution in [3.63, 3.8) is 0 Å². The first-order valence-corrected chi connectivity index (χ1v) is 7.43. The third kappa shape index (κ3) is 3.87. The molecule has 2 aromatic heterocycles. The van der Waals surface area contributed by atoms with Crippen LogP contribution in [0, 0.1) is 0 Å². The number of nitrogens with zero attached hydrogens (tertiary/aromatic N) is 3. The van der Waals surface area contributed by atoms with E-state index in [4.69, 9.17) is 0 Å². The monoisotopic (exact) mass is 267 g/mol. The summed E-state index contributed by atoms with van der Waals surface area (Å²) in [4.78, 5) is 7.97. The maximum Gasteiger partial charge on any atom is 0.168 e. The summed E-state index contributed by atoms with van der Waals surface area (Å²) in [5.41, 5.74) is 0. The second kappa shape index (κ2) is 6.23. The van der Waals surface area contributed by atoms with Crippen molar-refractivity contribution < 1.29 is 0 Å². The topological polar surface area (TPSA) is 21.1 Å². The van der Waals surface area contributed by atoms with Crippen molar-refractivity contribution in [2.24, 2.45) is 0 Å². The summed E-state index contributed by atoms with van der Waals surface area (Å²) in [6.45, 7) is 2.01. The van der Waals surface area contributed by atoms with E-state index in [1.165, 1.54) is 4.88 Å². The fourth-order valence-electron chi connectivity index (χ4n) is 1.45. The number of aromatic nitrogens is 2. The lowest BCUT2D eigenvalue weighted by molar-refractivity contribution is 0.437. The molecule has 0 saturated carbocycles. The van der Waals surface area contributed by atoms with E-state index in [-0.39, 0.29) is 0 Å². The first-order valence-electron chi connectivity index (χ1n) is 5.57. The Morgan fingerprint density at radius 2 is 2.35 bits per heavy atom. The van der Waals surface area contributed by atoms with Crippen LogP contribution in [0.3, 0.4) is 0 Å². The largest absolute Gasteiger partial charge is 0.321 e. The molecule has 0 aliphatic rings. The Kier molecular flexibility index (Phi) is 4.65. The Morgan fingerprint density at radius 1 is 1.47 bits per heavy atom. The average molecular weight is 267 g/mol. The molecule has 2 rings (SSSR count). The van der Waals surface area contributed by atoms with Gasteiger partial charge in [-0.3, -0.25) is 0 Å². The van der Waals surface area contributed by atoms with Crippen molar-refractivity contribution >= 4 is 23.1 Å². The highest BCUT2D eigenvalue weighted by molar-refractivity contribution is 7.99. The number of imidazole rings is 1. The molecule has 2 aromatic rings. The molecular weight excluding hydrogens is 250 g/mol. The van der Waals surface area contributed by atoms with Crippen molar-refractivity contribution in [1.29, 1.82) is 0 Å². The minimum absolute atomic E-state index is 0.933. The number of hydrogen-bond donors (Lipinski definition) is 0. The highest BCUT2D eigenvalue weighted by atomic mass is 32.2. The highest BCUT2D eigenvalue weighted by Gasteiger charge is 2.04. The van der Waals surface area contributed by atoms with Crippen LogP contribution in [0.2, 0.25) is 0 Å². The van der Waals surface area contributed by atoms with Crippen molar-refractivity contribution in [2.45, 2.75) is 11.7 Å². The molecule has 0 atom stereocenters. The minimum Gasteiger partial charge on any atom is -0.321 e. The van der Waals surface area contributed by atoms with Gasteiger partial charge in [0.2, 0.25) is 0 Å². The smallest absolute Gasteiger partial charge is 0.168 e. The van der Waals surface area contributed by atoms with Crippen LogP contribution >= 0.6 is 23.1 Å². The Balaban J connectivity index is 1.92. The van der Waals surface area contributed by atoms with E-state index in [1.807, 2.05) is 18.0 Å². The Labute approximate surface area is 110 Å². The predicted octanol–water partition coefficient (Wildman–Crippen LogP) is 2.65. The normalized spacial score (nSPS) is 11.2. The first-order chi connectivity index (χ1) is 8.25. The summed E-state index contributed by atoms with van der Waals surface area (Å²) in [6, 6.07) is 4.26. The zero-order valence-corrected chi connectivity index (χ0v) is 11.8. The van der Waals surface area contributed by atoms with Crippen LogP contribution in [0.4, 0.5) is 0 Å². The van der Waals surface area contributed by atoms with Gasteiger partial charge in [0.05, 0.1) is 6.54 Å². The molecule has 0 radical (unpaired) electrons. The van der Waals surface area contributed by atoms with Crippen molar-refractivity contribution in [3.8, 4) is 0 Å². The quantitative estimate of drug-likeness (QED) is 0.751. The van der Waals surface area contributed by atoms with E-state index in [9.17, 15) is 0 Å². The molecule has 0 amide bonds.